The number of carbonyl (C=O) groups excluding carboxylic acids is 1. The molecule has 1 fully saturated rings. The Balaban J connectivity index is 1.67. The lowest BCUT2D eigenvalue weighted by molar-refractivity contribution is -0.152. The summed E-state index contributed by atoms with van der Waals surface area (Å²) >= 11 is 0. The SMILES string of the molecule is CCCN(Cc1ccc(-c2ccccc2C#N)cc1)C(=O)CCC1(C(=O)O)CCCCC1. The molecule has 2 aromatic carbocycles. The van der Waals surface area contributed by atoms with Gasteiger partial charge in [-0.15, -0.1) is 0 Å². The lowest BCUT2D eigenvalue weighted by atomic mass is 9.71. The van der Waals surface area contributed by atoms with Crippen LogP contribution >= 0.6 is 0 Å². The maximum atomic E-state index is 13.0. The molecule has 3 rings (SSSR count). The molecule has 1 aliphatic carbocycles. The van der Waals surface area contributed by atoms with Crippen LogP contribution in [0.1, 0.15) is 69.4 Å². The van der Waals surface area contributed by atoms with Gasteiger partial charge in [0.1, 0.15) is 0 Å². The molecule has 2 aromatic rings. The van der Waals surface area contributed by atoms with Gasteiger partial charge in [-0.1, -0.05) is 68.7 Å². The predicted octanol–water partition coefficient (Wildman–Crippen LogP) is 5.78. The first-order valence-electron chi connectivity index (χ1n) is 11.6. The topological polar surface area (TPSA) is 81.4 Å². The standard InChI is InChI=1S/C27H32N2O3/c1-2-18-29(25(30)14-17-27(26(31)32)15-6-3-7-16-27)20-21-10-12-22(13-11-21)24-9-5-4-8-23(24)19-28/h4-5,8-13H,2-3,6-7,14-18,20H2,1H3,(H,31,32). The van der Waals surface area contributed by atoms with Gasteiger partial charge in [-0.3, -0.25) is 9.59 Å². The number of carboxylic acids is 1. The van der Waals surface area contributed by atoms with Gasteiger partial charge in [-0.25, -0.2) is 0 Å². The third-order valence-electron chi connectivity index (χ3n) is 6.61. The molecule has 5 heteroatoms. The number of nitrogens with zero attached hydrogens (tertiary/aromatic N) is 2. The molecule has 5 nitrogen and oxygen atoms in total. The van der Waals surface area contributed by atoms with Crippen LogP contribution in [0.25, 0.3) is 11.1 Å². The van der Waals surface area contributed by atoms with Gasteiger partial charge < -0.3 is 10.0 Å². The number of benzene rings is 2. The Morgan fingerprint density at radius 2 is 1.75 bits per heavy atom. The number of hydrogen-bond acceptors (Lipinski definition) is 3. The normalized spacial score (nSPS) is 15.0. The van der Waals surface area contributed by atoms with Gasteiger partial charge in [0, 0.05) is 19.5 Å². The Bertz CT molecular complexity index is 969. The highest BCUT2D eigenvalue weighted by molar-refractivity contribution is 5.79. The molecule has 1 amide bonds. The smallest absolute Gasteiger partial charge is 0.309 e. The van der Waals surface area contributed by atoms with Crippen molar-refractivity contribution in [3.8, 4) is 17.2 Å². The number of nitriles is 1. The van der Waals surface area contributed by atoms with Crippen molar-refractivity contribution < 1.29 is 14.7 Å². The number of carbonyl (C=O) groups is 2. The molecule has 168 valence electrons. The molecule has 0 radical (unpaired) electrons. The van der Waals surface area contributed by atoms with Crippen molar-refractivity contribution in [2.45, 2.75) is 64.8 Å². The van der Waals surface area contributed by atoms with Crippen LogP contribution in [0.15, 0.2) is 48.5 Å². The van der Waals surface area contributed by atoms with E-state index in [9.17, 15) is 20.0 Å². The van der Waals surface area contributed by atoms with Gasteiger partial charge in [-0.05, 0) is 48.4 Å². The molecule has 0 bridgehead atoms. The van der Waals surface area contributed by atoms with Crippen molar-refractivity contribution in [3.05, 3.63) is 59.7 Å². The molecule has 0 saturated heterocycles. The summed E-state index contributed by atoms with van der Waals surface area (Å²) in [6, 6.07) is 17.7. The Kier molecular flexibility index (Phi) is 8.05. The summed E-state index contributed by atoms with van der Waals surface area (Å²) in [4.78, 5) is 26.8. The Morgan fingerprint density at radius 1 is 1.06 bits per heavy atom. The van der Waals surface area contributed by atoms with Crippen LogP contribution in [-0.2, 0) is 16.1 Å². The molecular weight excluding hydrogens is 400 g/mol. The lowest BCUT2D eigenvalue weighted by Gasteiger charge is -2.33. The average Bonchev–Trinajstić information content (AvgIpc) is 2.83. The van der Waals surface area contributed by atoms with Crippen LogP contribution in [0.5, 0.6) is 0 Å². The lowest BCUT2D eigenvalue weighted by Crippen LogP contribution is -2.36. The number of rotatable bonds is 9. The summed E-state index contributed by atoms with van der Waals surface area (Å²) in [6.45, 7) is 3.20. The van der Waals surface area contributed by atoms with E-state index in [2.05, 4.69) is 6.07 Å². The van der Waals surface area contributed by atoms with Crippen LogP contribution in [0.4, 0.5) is 0 Å². The maximum absolute atomic E-state index is 13.0. The van der Waals surface area contributed by atoms with Gasteiger partial charge >= 0.3 is 5.97 Å². The summed E-state index contributed by atoms with van der Waals surface area (Å²) in [5.74, 6) is -0.725. The third-order valence-corrected chi connectivity index (χ3v) is 6.61. The minimum absolute atomic E-state index is 0.0250. The van der Waals surface area contributed by atoms with Crippen LogP contribution in [-0.4, -0.2) is 28.4 Å². The van der Waals surface area contributed by atoms with Gasteiger partial charge in [0.05, 0.1) is 17.0 Å². The number of hydrogen-bond donors (Lipinski definition) is 1. The van der Waals surface area contributed by atoms with Gasteiger partial charge in [-0.2, -0.15) is 5.26 Å². The van der Waals surface area contributed by atoms with Gasteiger partial charge in [0.25, 0.3) is 0 Å². The summed E-state index contributed by atoms with van der Waals surface area (Å²) in [7, 11) is 0. The minimum Gasteiger partial charge on any atom is -0.481 e. The summed E-state index contributed by atoms with van der Waals surface area (Å²) in [5.41, 5.74) is 2.80. The summed E-state index contributed by atoms with van der Waals surface area (Å²) in [6.07, 6.45) is 5.85. The summed E-state index contributed by atoms with van der Waals surface area (Å²) in [5, 5.41) is 19.1. The van der Waals surface area contributed by atoms with E-state index in [1.165, 1.54) is 0 Å². The first-order valence-corrected chi connectivity index (χ1v) is 11.6. The number of amides is 1. The van der Waals surface area contributed by atoms with Crippen LogP contribution < -0.4 is 0 Å². The van der Waals surface area contributed by atoms with Crippen molar-refractivity contribution in [2.24, 2.45) is 5.41 Å². The molecule has 0 atom stereocenters. The van der Waals surface area contributed by atoms with Crippen molar-refractivity contribution in [1.29, 1.82) is 5.26 Å². The predicted molar refractivity (Wildman–Crippen MR) is 125 cm³/mol. The fraction of sp³-hybridized carbons (Fsp3) is 0.444. The van der Waals surface area contributed by atoms with Crippen LogP contribution in [0.2, 0.25) is 0 Å². The fourth-order valence-corrected chi connectivity index (χ4v) is 4.71. The summed E-state index contributed by atoms with van der Waals surface area (Å²) < 4.78 is 0. The highest BCUT2D eigenvalue weighted by Gasteiger charge is 2.39. The van der Waals surface area contributed by atoms with E-state index in [0.717, 1.165) is 42.4 Å². The zero-order chi connectivity index (χ0) is 23.0. The first-order chi connectivity index (χ1) is 15.5. The molecule has 0 spiro atoms. The minimum atomic E-state index is -0.750. The van der Waals surface area contributed by atoms with Crippen molar-refractivity contribution in [2.75, 3.05) is 6.54 Å². The fourth-order valence-electron chi connectivity index (χ4n) is 4.71. The molecule has 1 aliphatic rings. The van der Waals surface area contributed by atoms with Gasteiger partial charge in [0.15, 0.2) is 0 Å². The first kappa shape index (κ1) is 23.5. The Morgan fingerprint density at radius 3 is 2.38 bits per heavy atom. The molecular formula is C27H32N2O3. The van der Waals surface area contributed by atoms with E-state index in [1.807, 2.05) is 54.3 Å². The largest absolute Gasteiger partial charge is 0.481 e. The average molecular weight is 433 g/mol. The zero-order valence-corrected chi connectivity index (χ0v) is 18.8. The Hall–Kier alpha value is -3.13. The zero-order valence-electron chi connectivity index (χ0n) is 18.8. The van der Waals surface area contributed by atoms with Crippen molar-refractivity contribution in [3.63, 3.8) is 0 Å². The van der Waals surface area contributed by atoms with Crippen molar-refractivity contribution >= 4 is 11.9 Å². The van der Waals surface area contributed by atoms with Crippen LogP contribution in [0.3, 0.4) is 0 Å². The van der Waals surface area contributed by atoms with Crippen molar-refractivity contribution in [1.82, 2.24) is 4.90 Å². The van der Waals surface area contributed by atoms with E-state index in [0.29, 0.717) is 37.9 Å². The molecule has 0 unspecified atom stereocenters. The molecule has 0 aliphatic heterocycles. The monoisotopic (exact) mass is 432 g/mol. The molecule has 1 N–H and O–H groups in total. The number of carboxylic acid groups (broad SMARTS) is 1. The van der Waals surface area contributed by atoms with Gasteiger partial charge in [0.2, 0.25) is 5.91 Å². The molecule has 1 saturated carbocycles. The second-order valence-electron chi connectivity index (χ2n) is 8.82. The third kappa shape index (κ3) is 5.56. The van der Waals surface area contributed by atoms with E-state index < -0.39 is 11.4 Å². The molecule has 32 heavy (non-hydrogen) atoms. The second-order valence-corrected chi connectivity index (χ2v) is 8.82. The van der Waals surface area contributed by atoms with Crippen LogP contribution in [0, 0.1) is 16.7 Å². The van der Waals surface area contributed by atoms with E-state index >= 15 is 0 Å². The maximum Gasteiger partial charge on any atom is 0.309 e. The second kappa shape index (κ2) is 10.9. The van der Waals surface area contributed by atoms with E-state index in [1.54, 1.807) is 6.07 Å². The van der Waals surface area contributed by atoms with E-state index in [-0.39, 0.29) is 12.3 Å². The molecule has 0 aromatic heterocycles. The Labute approximate surface area is 190 Å². The van der Waals surface area contributed by atoms with E-state index in [4.69, 9.17) is 0 Å². The highest BCUT2D eigenvalue weighted by atomic mass is 16.4. The molecule has 0 heterocycles. The quantitative estimate of drug-likeness (QED) is 0.545. The number of aliphatic carboxylic acids is 1. The highest BCUT2D eigenvalue weighted by Crippen LogP contribution is 2.40.